The fourth-order valence-electron chi connectivity index (χ4n) is 3.69. The number of carbonyl (C=O) groups excluding carboxylic acids is 2. The van der Waals surface area contributed by atoms with E-state index >= 15 is 0 Å². The number of hydrogen-bond donors (Lipinski definition) is 1. The summed E-state index contributed by atoms with van der Waals surface area (Å²) >= 11 is 0. The van der Waals surface area contributed by atoms with E-state index in [1.165, 1.54) is 0 Å². The predicted octanol–water partition coefficient (Wildman–Crippen LogP) is 0.823. The number of carbonyl (C=O) groups is 2. The smallest absolute Gasteiger partial charge is 0.226 e. The van der Waals surface area contributed by atoms with Gasteiger partial charge in [-0.2, -0.15) is 0 Å². The first-order valence-corrected chi connectivity index (χ1v) is 8.66. The highest BCUT2D eigenvalue weighted by molar-refractivity contribution is 5.88. The van der Waals surface area contributed by atoms with Gasteiger partial charge in [-0.1, -0.05) is 18.1 Å². The number of rotatable bonds is 5. The van der Waals surface area contributed by atoms with Crippen LogP contribution >= 0.6 is 0 Å². The lowest BCUT2D eigenvalue weighted by Gasteiger charge is -2.32. The summed E-state index contributed by atoms with van der Waals surface area (Å²) in [6.07, 6.45) is 9.31. The molecule has 1 aromatic rings. The van der Waals surface area contributed by atoms with Crippen molar-refractivity contribution >= 4 is 11.8 Å². The number of nitrogens with one attached hydrogen (secondary N) is 1. The van der Waals surface area contributed by atoms with Crippen molar-refractivity contribution in [1.29, 1.82) is 0 Å². The highest BCUT2D eigenvalue weighted by atomic mass is 16.2. The van der Waals surface area contributed by atoms with Gasteiger partial charge in [-0.15, -0.1) is 5.10 Å². The first kappa shape index (κ1) is 16.0. The Kier molecular flexibility index (Phi) is 5.25. The van der Waals surface area contributed by atoms with Gasteiger partial charge in [0.15, 0.2) is 0 Å². The third-order valence-electron chi connectivity index (χ3n) is 4.95. The largest absolute Gasteiger partial charge is 0.354 e. The van der Waals surface area contributed by atoms with Crippen LogP contribution in [0.1, 0.15) is 38.5 Å². The molecule has 3 rings (SSSR count). The first-order valence-electron chi connectivity index (χ1n) is 8.66. The summed E-state index contributed by atoms with van der Waals surface area (Å²) in [4.78, 5) is 27.2. The molecule has 1 aromatic heterocycles. The summed E-state index contributed by atoms with van der Waals surface area (Å²) in [5.74, 6) is -0.0956. The van der Waals surface area contributed by atoms with Crippen molar-refractivity contribution in [3.05, 3.63) is 12.4 Å². The highest BCUT2D eigenvalue weighted by Gasteiger charge is 2.38. The second-order valence-electron chi connectivity index (χ2n) is 6.49. The van der Waals surface area contributed by atoms with Crippen LogP contribution in [0.5, 0.6) is 0 Å². The van der Waals surface area contributed by atoms with Crippen molar-refractivity contribution in [2.24, 2.45) is 11.8 Å². The molecule has 0 radical (unpaired) electrons. The molecule has 1 N–H and O–H groups in total. The lowest BCUT2D eigenvalue weighted by molar-refractivity contribution is -0.142. The van der Waals surface area contributed by atoms with Crippen molar-refractivity contribution in [2.75, 3.05) is 19.6 Å². The van der Waals surface area contributed by atoms with Gasteiger partial charge in [0.2, 0.25) is 11.8 Å². The molecule has 2 aliphatic rings. The van der Waals surface area contributed by atoms with E-state index in [2.05, 4.69) is 15.6 Å². The summed E-state index contributed by atoms with van der Waals surface area (Å²) in [6, 6.07) is 0. The van der Waals surface area contributed by atoms with Crippen molar-refractivity contribution in [3.8, 4) is 0 Å². The Morgan fingerprint density at radius 3 is 2.52 bits per heavy atom. The van der Waals surface area contributed by atoms with Gasteiger partial charge in [0.1, 0.15) is 0 Å². The van der Waals surface area contributed by atoms with Gasteiger partial charge in [0, 0.05) is 37.7 Å². The first-order chi connectivity index (χ1) is 11.3. The summed E-state index contributed by atoms with van der Waals surface area (Å²) in [5, 5.41) is 10.6. The minimum Gasteiger partial charge on any atom is -0.354 e. The molecule has 2 fully saturated rings. The van der Waals surface area contributed by atoms with Gasteiger partial charge in [-0.3, -0.25) is 14.3 Å². The van der Waals surface area contributed by atoms with Gasteiger partial charge in [-0.25, -0.2) is 0 Å². The number of nitrogens with zero attached hydrogens (tertiary/aromatic N) is 4. The van der Waals surface area contributed by atoms with E-state index in [1.54, 1.807) is 17.1 Å². The Labute approximate surface area is 136 Å². The molecule has 0 spiro atoms. The molecular weight excluding hydrogens is 294 g/mol. The molecule has 7 heteroatoms. The second-order valence-corrected chi connectivity index (χ2v) is 6.49. The van der Waals surface area contributed by atoms with Crippen LogP contribution in [0.4, 0.5) is 0 Å². The SMILES string of the molecule is O=C(NCCn1ccnn1)[C@H]1CCCC[C@H]1C(=O)N1CCCC1. The van der Waals surface area contributed by atoms with E-state index in [-0.39, 0.29) is 23.7 Å². The van der Waals surface area contributed by atoms with Crippen molar-refractivity contribution in [2.45, 2.75) is 45.1 Å². The van der Waals surface area contributed by atoms with Crippen molar-refractivity contribution in [3.63, 3.8) is 0 Å². The summed E-state index contributed by atoms with van der Waals surface area (Å²) in [6.45, 7) is 2.83. The Balaban J connectivity index is 1.54. The molecule has 23 heavy (non-hydrogen) atoms. The minimum atomic E-state index is -0.174. The molecule has 2 amide bonds. The topological polar surface area (TPSA) is 80.1 Å². The normalized spacial score (nSPS) is 24.6. The zero-order valence-electron chi connectivity index (χ0n) is 13.5. The standard InChI is InChI=1S/C16H25N5O2/c22-15(17-7-11-21-12-8-18-19-21)13-5-1-2-6-14(13)16(23)20-9-3-4-10-20/h8,12-14H,1-7,9-11H2,(H,17,22)/t13-,14+/m0/s1. The molecule has 1 aliphatic heterocycles. The number of likely N-dealkylation sites (tertiary alicyclic amines) is 1. The van der Waals surface area contributed by atoms with Crippen LogP contribution in [-0.2, 0) is 16.1 Å². The summed E-state index contributed by atoms with van der Waals surface area (Å²) in [7, 11) is 0. The van der Waals surface area contributed by atoms with E-state index < -0.39 is 0 Å². The van der Waals surface area contributed by atoms with Crippen LogP contribution in [-0.4, -0.2) is 51.3 Å². The molecule has 1 aliphatic carbocycles. The minimum absolute atomic E-state index is 0.0161. The molecular formula is C16H25N5O2. The Hall–Kier alpha value is -1.92. The average Bonchev–Trinajstić information content (AvgIpc) is 3.27. The van der Waals surface area contributed by atoms with E-state index in [9.17, 15) is 9.59 Å². The third-order valence-corrected chi connectivity index (χ3v) is 4.95. The number of amides is 2. The maximum Gasteiger partial charge on any atom is 0.226 e. The predicted molar refractivity (Wildman–Crippen MR) is 84.3 cm³/mol. The van der Waals surface area contributed by atoms with E-state index in [0.29, 0.717) is 13.1 Å². The van der Waals surface area contributed by atoms with Crippen LogP contribution in [0.15, 0.2) is 12.4 Å². The Morgan fingerprint density at radius 2 is 1.83 bits per heavy atom. The zero-order chi connectivity index (χ0) is 16.1. The zero-order valence-corrected chi connectivity index (χ0v) is 13.5. The van der Waals surface area contributed by atoms with E-state index in [1.807, 2.05) is 4.90 Å². The lowest BCUT2D eigenvalue weighted by atomic mass is 9.78. The quantitative estimate of drug-likeness (QED) is 0.871. The summed E-state index contributed by atoms with van der Waals surface area (Å²) < 4.78 is 1.69. The molecule has 0 aromatic carbocycles. The molecule has 0 bridgehead atoms. The summed E-state index contributed by atoms with van der Waals surface area (Å²) in [5.41, 5.74) is 0. The molecule has 2 atom stereocenters. The van der Waals surface area contributed by atoms with Gasteiger partial charge < -0.3 is 10.2 Å². The molecule has 0 unspecified atom stereocenters. The average molecular weight is 319 g/mol. The molecule has 1 saturated heterocycles. The van der Waals surface area contributed by atoms with Crippen LogP contribution in [0.3, 0.4) is 0 Å². The van der Waals surface area contributed by atoms with Gasteiger partial charge in [0.25, 0.3) is 0 Å². The van der Waals surface area contributed by atoms with E-state index in [0.717, 1.165) is 51.6 Å². The third kappa shape index (κ3) is 3.89. The number of aromatic nitrogens is 3. The van der Waals surface area contributed by atoms with Crippen LogP contribution in [0.25, 0.3) is 0 Å². The highest BCUT2D eigenvalue weighted by Crippen LogP contribution is 2.32. The van der Waals surface area contributed by atoms with Gasteiger partial charge >= 0.3 is 0 Å². The molecule has 2 heterocycles. The lowest BCUT2D eigenvalue weighted by Crippen LogP contribution is -2.45. The van der Waals surface area contributed by atoms with Crippen LogP contribution in [0.2, 0.25) is 0 Å². The maximum absolute atomic E-state index is 12.7. The Morgan fingerprint density at radius 1 is 1.09 bits per heavy atom. The number of hydrogen-bond acceptors (Lipinski definition) is 4. The van der Waals surface area contributed by atoms with Crippen LogP contribution in [0, 0.1) is 11.8 Å². The van der Waals surface area contributed by atoms with Gasteiger partial charge in [0.05, 0.1) is 12.7 Å². The molecule has 1 saturated carbocycles. The van der Waals surface area contributed by atoms with Crippen molar-refractivity contribution < 1.29 is 9.59 Å². The van der Waals surface area contributed by atoms with Crippen molar-refractivity contribution in [1.82, 2.24) is 25.2 Å². The monoisotopic (exact) mass is 319 g/mol. The second kappa shape index (κ2) is 7.57. The van der Waals surface area contributed by atoms with Crippen LogP contribution < -0.4 is 5.32 Å². The maximum atomic E-state index is 12.7. The fourth-order valence-corrected chi connectivity index (χ4v) is 3.69. The Bertz CT molecular complexity index is 525. The molecule has 7 nitrogen and oxygen atoms in total. The molecule has 126 valence electrons. The fraction of sp³-hybridized carbons (Fsp3) is 0.750. The van der Waals surface area contributed by atoms with Gasteiger partial charge in [-0.05, 0) is 25.7 Å². The van der Waals surface area contributed by atoms with E-state index in [4.69, 9.17) is 0 Å².